The maximum Gasteiger partial charge on any atom is 0.358 e. The van der Waals surface area contributed by atoms with Gasteiger partial charge in [-0.1, -0.05) is 38.1 Å². The molecular formula is C41H49N3O6. The average Bonchev–Trinajstić information content (AvgIpc) is 3.38. The predicted octanol–water partition coefficient (Wildman–Crippen LogP) is 7.94. The Morgan fingerprint density at radius 2 is 1.66 bits per heavy atom. The molecule has 4 fully saturated rings. The molecule has 0 saturated heterocycles. The molecule has 2 atom stereocenters. The second-order valence-electron chi connectivity index (χ2n) is 17.1. The van der Waals surface area contributed by atoms with E-state index < -0.39 is 17.5 Å². The lowest BCUT2D eigenvalue weighted by Crippen LogP contribution is -2.64. The Morgan fingerprint density at radius 3 is 2.34 bits per heavy atom. The number of ether oxygens (including phenoxy) is 3. The number of benzene rings is 2. The van der Waals surface area contributed by atoms with Gasteiger partial charge in [-0.2, -0.15) is 5.10 Å². The molecule has 4 bridgehead atoms. The number of aliphatic hydroxyl groups is 1. The van der Waals surface area contributed by atoms with E-state index in [2.05, 4.69) is 25.5 Å². The van der Waals surface area contributed by atoms with Gasteiger partial charge in [0.2, 0.25) is 0 Å². The number of esters is 2. The van der Waals surface area contributed by atoms with Crippen LogP contribution in [0, 0.1) is 23.2 Å². The van der Waals surface area contributed by atoms with Gasteiger partial charge in [0.15, 0.2) is 5.69 Å². The third-order valence-corrected chi connectivity index (χ3v) is 11.1. The fourth-order valence-electron chi connectivity index (χ4n) is 10.6. The number of hydrogen-bond donors (Lipinski definition) is 1. The maximum atomic E-state index is 13.8. The lowest BCUT2D eigenvalue weighted by atomic mass is 9.39. The van der Waals surface area contributed by atoms with Crippen molar-refractivity contribution in [2.45, 2.75) is 97.8 Å². The van der Waals surface area contributed by atoms with Crippen molar-refractivity contribution >= 4 is 22.7 Å². The van der Waals surface area contributed by atoms with Gasteiger partial charge in [0, 0.05) is 28.9 Å². The van der Waals surface area contributed by atoms with Gasteiger partial charge in [0.25, 0.3) is 0 Å². The molecule has 264 valence electrons. The van der Waals surface area contributed by atoms with Crippen LogP contribution in [0.15, 0.2) is 54.7 Å². The van der Waals surface area contributed by atoms with Crippen molar-refractivity contribution in [3.8, 4) is 22.4 Å². The molecule has 2 heterocycles. The van der Waals surface area contributed by atoms with E-state index in [9.17, 15) is 14.7 Å². The fourth-order valence-corrected chi connectivity index (χ4v) is 10.6. The van der Waals surface area contributed by atoms with Crippen LogP contribution in [-0.2, 0) is 20.8 Å². The number of pyridine rings is 1. The van der Waals surface area contributed by atoms with Crippen molar-refractivity contribution in [1.82, 2.24) is 14.8 Å². The van der Waals surface area contributed by atoms with Crippen molar-refractivity contribution in [1.29, 1.82) is 0 Å². The van der Waals surface area contributed by atoms with Crippen LogP contribution < -0.4 is 0 Å². The number of hydrogen-bond acceptors (Lipinski definition) is 8. The van der Waals surface area contributed by atoms with Gasteiger partial charge in [0.05, 0.1) is 43.4 Å². The first kappa shape index (κ1) is 34.4. The van der Waals surface area contributed by atoms with Gasteiger partial charge in [-0.3, -0.25) is 4.68 Å². The highest BCUT2D eigenvalue weighted by atomic mass is 16.6. The molecule has 1 N–H and O–H groups in total. The highest BCUT2D eigenvalue weighted by Crippen LogP contribution is 2.72. The molecular weight excluding hydrogens is 630 g/mol. The molecule has 8 rings (SSSR count). The second-order valence-corrected chi connectivity index (χ2v) is 17.1. The zero-order valence-corrected chi connectivity index (χ0v) is 30.4. The summed E-state index contributed by atoms with van der Waals surface area (Å²) in [7, 11) is 1.37. The zero-order valence-electron chi connectivity index (χ0n) is 30.4. The summed E-state index contributed by atoms with van der Waals surface area (Å²) in [6.07, 6.45) is 8.34. The number of aromatic nitrogens is 3. The highest BCUT2D eigenvalue weighted by Gasteiger charge is 2.66. The standard InChI is InChI=1S/C41H49N3O6/c1-26-32(18-42-44(26)25-40-20-38(5)19-39(6,21-40)23-41(22-38,24-40)49-16-15-45)29-13-14-33(43-34(29)36(47)50-37(2,3)4)28-12-11-27-9-8-10-30(31(27)17-28)35(46)48-7/h8-14,17-18,45H,15-16,19-25H2,1-7H3. The molecule has 50 heavy (non-hydrogen) atoms. The Bertz CT molecular complexity index is 1970. The number of rotatable bonds is 9. The summed E-state index contributed by atoms with van der Waals surface area (Å²) in [4.78, 5) is 31.3. The monoisotopic (exact) mass is 679 g/mol. The van der Waals surface area contributed by atoms with Crippen LogP contribution in [-0.4, -0.2) is 63.3 Å². The smallest absolute Gasteiger partial charge is 0.358 e. The number of methoxy groups -OCH3 is 1. The third-order valence-electron chi connectivity index (χ3n) is 11.1. The average molecular weight is 680 g/mol. The van der Waals surface area contributed by atoms with Gasteiger partial charge < -0.3 is 19.3 Å². The topological polar surface area (TPSA) is 113 Å². The minimum atomic E-state index is -0.720. The Balaban J connectivity index is 1.26. The minimum absolute atomic E-state index is 0.0248. The lowest BCUT2D eigenvalue weighted by molar-refractivity contribution is -0.250. The molecule has 4 saturated carbocycles. The van der Waals surface area contributed by atoms with Crippen LogP contribution in [0.2, 0.25) is 0 Å². The summed E-state index contributed by atoms with van der Waals surface area (Å²) in [5.74, 6) is -0.926. The van der Waals surface area contributed by atoms with Gasteiger partial charge in [-0.05, 0) is 118 Å². The van der Waals surface area contributed by atoms with Crippen molar-refractivity contribution in [3.05, 3.63) is 71.7 Å². The summed E-state index contributed by atoms with van der Waals surface area (Å²) in [6.45, 7) is 13.6. The van der Waals surface area contributed by atoms with E-state index >= 15 is 0 Å². The number of carbonyl (C=O) groups excluding carboxylic acids is 2. The molecule has 2 aromatic heterocycles. The van der Waals surface area contributed by atoms with Crippen molar-refractivity contribution in [2.24, 2.45) is 16.2 Å². The second kappa shape index (κ2) is 12.0. The number of aliphatic hydroxyl groups excluding tert-OH is 1. The van der Waals surface area contributed by atoms with Crippen molar-refractivity contribution in [3.63, 3.8) is 0 Å². The van der Waals surface area contributed by atoms with Crippen LogP contribution >= 0.6 is 0 Å². The van der Waals surface area contributed by atoms with Crippen LogP contribution in [0.5, 0.6) is 0 Å². The molecule has 4 aliphatic rings. The van der Waals surface area contributed by atoms with Crippen LogP contribution in [0.25, 0.3) is 33.2 Å². The Labute approximate surface area is 294 Å². The van der Waals surface area contributed by atoms with Crippen molar-refractivity contribution < 1.29 is 28.9 Å². The van der Waals surface area contributed by atoms with E-state index in [0.717, 1.165) is 66.2 Å². The van der Waals surface area contributed by atoms with Gasteiger partial charge in [-0.25, -0.2) is 14.6 Å². The van der Waals surface area contributed by atoms with Crippen LogP contribution in [0.1, 0.15) is 99.7 Å². The molecule has 0 radical (unpaired) electrons. The number of fused-ring (bicyclic) bond motifs is 1. The van der Waals surface area contributed by atoms with E-state index in [-0.39, 0.29) is 34.1 Å². The quantitative estimate of drug-likeness (QED) is 0.178. The maximum absolute atomic E-state index is 13.8. The summed E-state index contributed by atoms with van der Waals surface area (Å²) in [6, 6.07) is 15.2. The summed E-state index contributed by atoms with van der Waals surface area (Å²) < 4.78 is 19.5. The molecule has 9 nitrogen and oxygen atoms in total. The predicted molar refractivity (Wildman–Crippen MR) is 192 cm³/mol. The van der Waals surface area contributed by atoms with E-state index in [1.807, 2.05) is 69.4 Å². The van der Waals surface area contributed by atoms with Gasteiger partial charge in [-0.15, -0.1) is 0 Å². The van der Waals surface area contributed by atoms with E-state index in [0.29, 0.717) is 23.4 Å². The fraction of sp³-hybridized carbons (Fsp3) is 0.512. The van der Waals surface area contributed by atoms with Crippen LogP contribution in [0.4, 0.5) is 0 Å². The summed E-state index contributed by atoms with van der Waals surface area (Å²) >= 11 is 0. The first-order chi connectivity index (χ1) is 23.6. The Morgan fingerprint density at radius 1 is 0.920 bits per heavy atom. The van der Waals surface area contributed by atoms with Gasteiger partial charge >= 0.3 is 11.9 Å². The third kappa shape index (κ3) is 6.23. The molecule has 4 aromatic rings. The van der Waals surface area contributed by atoms with E-state index in [1.54, 1.807) is 6.07 Å². The van der Waals surface area contributed by atoms with E-state index in [4.69, 9.17) is 24.3 Å². The lowest BCUT2D eigenvalue weighted by Gasteiger charge is -2.69. The van der Waals surface area contributed by atoms with Crippen LogP contribution in [0.3, 0.4) is 0 Å². The first-order valence-corrected chi connectivity index (χ1v) is 17.7. The highest BCUT2D eigenvalue weighted by molar-refractivity contribution is 6.05. The molecule has 0 spiro atoms. The number of carbonyl (C=O) groups is 2. The normalized spacial score (nSPS) is 27.1. The first-order valence-electron chi connectivity index (χ1n) is 17.7. The molecule has 2 unspecified atom stereocenters. The Kier molecular flexibility index (Phi) is 8.26. The van der Waals surface area contributed by atoms with Crippen molar-refractivity contribution in [2.75, 3.05) is 20.3 Å². The molecule has 2 aromatic carbocycles. The number of nitrogens with zero attached hydrogens (tertiary/aromatic N) is 3. The molecule has 0 aliphatic heterocycles. The zero-order chi connectivity index (χ0) is 35.7. The largest absolute Gasteiger partial charge is 0.465 e. The minimum Gasteiger partial charge on any atom is -0.465 e. The SMILES string of the molecule is COC(=O)c1cccc2ccc(-c3ccc(-c4cnn(CC56CC7(C)CC(C)(C5)CC(OCCO)(C7)C6)c4C)c(C(=O)OC(C)(C)C)n3)cc12. The molecule has 4 aliphatic carbocycles. The van der Waals surface area contributed by atoms with E-state index in [1.165, 1.54) is 13.5 Å². The molecule has 9 heteroatoms. The summed E-state index contributed by atoms with van der Waals surface area (Å²) in [5.41, 5.74) is 3.96. The van der Waals surface area contributed by atoms with Gasteiger partial charge in [0.1, 0.15) is 5.60 Å². The molecule has 0 amide bonds. The summed E-state index contributed by atoms with van der Waals surface area (Å²) in [5, 5.41) is 16.2. The Hall–Kier alpha value is -4.08.